The lowest BCUT2D eigenvalue weighted by molar-refractivity contribution is 0.866. The molecular weight excluding hydrogens is 253 g/mol. The molecule has 2 aromatic rings. The summed E-state index contributed by atoms with van der Waals surface area (Å²) in [5.74, 6) is 0.447. The lowest BCUT2D eigenvalue weighted by atomic mass is 9.85. The van der Waals surface area contributed by atoms with Crippen LogP contribution in [-0.4, -0.2) is 7.85 Å². The number of nitrogen functional groups attached to an aromatic ring is 1. The van der Waals surface area contributed by atoms with Crippen molar-refractivity contribution in [3.63, 3.8) is 0 Å². The molecule has 0 atom stereocenters. The molecule has 108 valence electrons. The van der Waals surface area contributed by atoms with Crippen LogP contribution in [0.3, 0.4) is 0 Å². The highest BCUT2D eigenvalue weighted by Crippen LogP contribution is 2.25. The van der Waals surface area contributed by atoms with Crippen molar-refractivity contribution in [2.24, 2.45) is 0 Å². The fourth-order valence-electron chi connectivity index (χ4n) is 2.93. The van der Waals surface area contributed by atoms with Gasteiger partial charge in [-0.05, 0) is 59.6 Å². The van der Waals surface area contributed by atoms with Gasteiger partial charge in [0.2, 0.25) is 0 Å². The van der Waals surface area contributed by atoms with Crippen LogP contribution in [0.1, 0.15) is 54.5 Å². The third-order valence-corrected chi connectivity index (χ3v) is 4.12. The summed E-state index contributed by atoms with van der Waals surface area (Å²) in [6, 6.07) is 10.6. The first-order chi connectivity index (χ1) is 9.92. The maximum Gasteiger partial charge on any atom is 0.113 e. The van der Waals surface area contributed by atoms with E-state index < -0.39 is 0 Å². The first-order valence-corrected chi connectivity index (χ1v) is 7.68. The van der Waals surface area contributed by atoms with E-state index in [4.69, 9.17) is 13.6 Å². The predicted molar refractivity (Wildman–Crippen MR) is 93.7 cm³/mol. The van der Waals surface area contributed by atoms with Gasteiger partial charge in [0.15, 0.2) is 0 Å². The highest BCUT2D eigenvalue weighted by atomic mass is 14.6. The summed E-state index contributed by atoms with van der Waals surface area (Å²) in [7, 11) is 5.96. The summed E-state index contributed by atoms with van der Waals surface area (Å²) in [5, 5.41) is 0. The van der Waals surface area contributed by atoms with Crippen molar-refractivity contribution < 1.29 is 0 Å². The molecule has 2 heteroatoms. The van der Waals surface area contributed by atoms with Crippen LogP contribution in [0.25, 0.3) is 0 Å². The Morgan fingerprint density at radius 1 is 1.14 bits per heavy atom. The standard InChI is InChI=1S/C19H24BN/c1-5-15-11-16(20)8-13(4)18(15)10-14-6-7-19(21)17(9-14)12(2)3/h6-9,11-12H,5,10,21H2,1-4H3. The molecule has 0 amide bonds. The van der Waals surface area contributed by atoms with Crippen molar-refractivity contribution in [1.29, 1.82) is 0 Å². The number of rotatable bonds is 4. The summed E-state index contributed by atoms with van der Waals surface area (Å²) in [5.41, 5.74) is 14.4. The van der Waals surface area contributed by atoms with E-state index in [1.807, 2.05) is 6.07 Å². The summed E-state index contributed by atoms with van der Waals surface area (Å²) in [6.07, 6.45) is 1.95. The second-order valence-electron chi connectivity index (χ2n) is 6.12. The normalized spacial score (nSPS) is 11.1. The van der Waals surface area contributed by atoms with Crippen LogP contribution in [-0.2, 0) is 12.8 Å². The molecule has 0 aliphatic carbocycles. The van der Waals surface area contributed by atoms with Gasteiger partial charge in [-0.15, -0.1) is 0 Å². The van der Waals surface area contributed by atoms with Crippen molar-refractivity contribution in [3.8, 4) is 0 Å². The summed E-state index contributed by atoms with van der Waals surface area (Å²) in [6.45, 7) is 8.69. The van der Waals surface area contributed by atoms with E-state index in [1.165, 1.54) is 27.8 Å². The van der Waals surface area contributed by atoms with E-state index in [1.54, 1.807) is 0 Å². The Bertz CT molecular complexity index is 644. The Morgan fingerprint density at radius 3 is 2.48 bits per heavy atom. The van der Waals surface area contributed by atoms with E-state index in [2.05, 4.69) is 52.0 Å². The first-order valence-electron chi connectivity index (χ1n) is 7.68. The summed E-state index contributed by atoms with van der Waals surface area (Å²) >= 11 is 0. The Labute approximate surface area is 130 Å². The molecule has 2 rings (SSSR count). The fourth-order valence-corrected chi connectivity index (χ4v) is 2.93. The number of anilines is 1. The van der Waals surface area contributed by atoms with Gasteiger partial charge >= 0.3 is 0 Å². The second kappa shape index (κ2) is 6.38. The predicted octanol–water partition coefficient (Wildman–Crippen LogP) is 3.65. The third kappa shape index (κ3) is 3.50. The molecule has 2 N–H and O–H groups in total. The molecule has 0 heterocycles. The Morgan fingerprint density at radius 2 is 1.86 bits per heavy atom. The van der Waals surface area contributed by atoms with E-state index in [-0.39, 0.29) is 0 Å². The van der Waals surface area contributed by atoms with Crippen LogP contribution >= 0.6 is 0 Å². The molecule has 2 aromatic carbocycles. The quantitative estimate of drug-likeness (QED) is 0.670. The molecule has 0 saturated carbocycles. The minimum absolute atomic E-state index is 0.447. The molecule has 0 aromatic heterocycles. The number of hydrogen-bond acceptors (Lipinski definition) is 1. The monoisotopic (exact) mass is 277 g/mol. The van der Waals surface area contributed by atoms with Gasteiger partial charge in [-0.25, -0.2) is 0 Å². The van der Waals surface area contributed by atoms with Crippen LogP contribution in [0, 0.1) is 6.92 Å². The molecule has 0 aliphatic heterocycles. The topological polar surface area (TPSA) is 26.0 Å². The Balaban J connectivity index is 2.41. The number of nitrogens with two attached hydrogens (primary N) is 1. The second-order valence-corrected chi connectivity index (χ2v) is 6.12. The fraction of sp³-hybridized carbons (Fsp3) is 0.368. The van der Waals surface area contributed by atoms with Crippen molar-refractivity contribution in [2.45, 2.75) is 46.5 Å². The Kier molecular flexibility index (Phi) is 4.77. The van der Waals surface area contributed by atoms with E-state index in [0.29, 0.717) is 5.92 Å². The highest BCUT2D eigenvalue weighted by molar-refractivity contribution is 6.32. The largest absolute Gasteiger partial charge is 0.398 e. The average molecular weight is 277 g/mol. The molecule has 0 bridgehead atoms. The molecule has 21 heavy (non-hydrogen) atoms. The van der Waals surface area contributed by atoms with Crippen LogP contribution in [0.15, 0.2) is 30.3 Å². The minimum Gasteiger partial charge on any atom is -0.398 e. The van der Waals surface area contributed by atoms with E-state index in [0.717, 1.165) is 24.0 Å². The van der Waals surface area contributed by atoms with Crippen LogP contribution in [0.4, 0.5) is 5.69 Å². The summed E-state index contributed by atoms with van der Waals surface area (Å²) in [4.78, 5) is 0. The first kappa shape index (κ1) is 15.7. The third-order valence-electron chi connectivity index (χ3n) is 4.12. The van der Waals surface area contributed by atoms with Crippen molar-refractivity contribution >= 4 is 19.0 Å². The SMILES string of the molecule is [B]c1cc(C)c(Cc2ccc(N)c(C(C)C)c2)c(CC)c1. The molecule has 0 saturated heterocycles. The highest BCUT2D eigenvalue weighted by Gasteiger charge is 2.10. The zero-order chi connectivity index (χ0) is 15.6. The maximum atomic E-state index is 6.07. The maximum absolute atomic E-state index is 6.07. The lowest BCUT2D eigenvalue weighted by Gasteiger charge is -2.16. The van der Waals surface area contributed by atoms with Gasteiger partial charge < -0.3 is 5.73 Å². The van der Waals surface area contributed by atoms with Gasteiger partial charge in [0.25, 0.3) is 0 Å². The van der Waals surface area contributed by atoms with Gasteiger partial charge in [0.1, 0.15) is 7.85 Å². The molecule has 0 unspecified atom stereocenters. The Hall–Kier alpha value is -1.70. The van der Waals surface area contributed by atoms with Crippen LogP contribution < -0.4 is 11.2 Å². The zero-order valence-corrected chi connectivity index (χ0v) is 13.5. The average Bonchev–Trinajstić information content (AvgIpc) is 2.42. The van der Waals surface area contributed by atoms with E-state index in [9.17, 15) is 0 Å². The number of hydrogen-bond donors (Lipinski definition) is 1. The van der Waals surface area contributed by atoms with Gasteiger partial charge in [-0.2, -0.15) is 0 Å². The molecule has 0 spiro atoms. The van der Waals surface area contributed by atoms with Crippen molar-refractivity contribution in [3.05, 3.63) is 58.1 Å². The molecule has 1 nitrogen and oxygen atoms in total. The van der Waals surface area contributed by atoms with Gasteiger partial charge in [-0.1, -0.05) is 50.5 Å². The van der Waals surface area contributed by atoms with Gasteiger partial charge in [-0.3, -0.25) is 0 Å². The smallest absolute Gasteiger partial charge is 0.113 e. The summed E-state index contributed by atoms with van der Waals surface area (Å²) < 4.78 is 0. The molecular formula is C19H24BN. The van der Waals surface area contributed by atoms with Crippen molar-refractivity contribution in [1.82, 2.24) is 0 Å². The minimum atomic E-state index is 0.447. The zero-order valence-electron chi connectivity index (χ0n) is 13.5. The van der Waals surface area contributed by atoms with Gasteiger partial charge in [0.05, 0.1) is 0 Å². The van der Waals surface area contributed by atoms with Crippen LogP contribution in [0.5, 0.6) is 0 Å². The molecule has 0 aliphatic rings. The van der Waals surface area contributed by atoms with Gasteiger partial charge in [0, 0.05) is 5.69 Å². The number of aryl methyl sites for hydroxylation is 2. The number of benzene rings is 2. The van der Waals surface area contributed by atoms with Crippen LogP contribution in [0.2, 0.25) is 0 Å². The molecule has 0 fully saturated rings. The molecule has 2 radical (unpaired) electrons. The van der Waals surface area contributed by atoms with Crippen molar-refractivity contribution in [2.75, 3.05) is 5.73 Å². The lowest BCUT2D eigenvalue weighted by Crippen LogP contribution is -2.09. The van der Waals surface area contributed by atoms with E-state index >= 15 is 0 Å².